The Labute approximate surface area is 180 Å². The molecule has 1 aliphatic rings. The fourth-order valence-electron chi connectivity index (χ4n) is 3.74. The third kappa shape index (κ3) is 4.87. The Morgan fingerprint density at radius 1 is 0.903 bits per heavy atom. The van der Waals surface area contributed by atoms with Crippen molar-refractivity contribution >= 4 is 11.6 Å². The van der Waals surface area contributed by atoms with Crippen molar-refractivity contribution < 1.29 is 8.78 Å². The molecule has 2 N–H and O–H groups in total. The van der Waals surface area contributed by atoms with Crippen molar-refractivity contribution in [3.8, 4) is 22.5 Å². The fraction of sp³-hybridized carbons (Fsp3) is 0.292. The van der Waals surface area contributed by atoms with E-state index in [2.05, 4.69) is 39.3 Å². The molecule has 31 heavy (non-hydrogen) atoms. The lowest BCUT2D eigenvalue weighted by Crippen LogP contribution is -2.18. The second-order valence-corrected chi connectivity index (χ2v) is 7.83. The van der Waals surface area contributed by atoms with Crippen molar-refractivity contribution in [3.05, 3.63) is 66.6 Å². The second kappa shape index (κ2) is 8.79. The van der Waals surface area contributed by atoms with E-state index in [-0.39, 0.29) is 18.8 Å². The van der Waals surface area contributed by atoms with Crippen LogP contribution >= 0.6 is 0 Å². The maximum Gasteiger partial charge on any atom is 0.248 e. The highest BCUT2D eigenvalue weighted by molar-refractivity contribution is 5.69. The zero-order valence-electron chi connectivity index (χ0n) is 17.4. The number of hydrogen-bond donors (Lipinski definition) is 1. The molecule has 0 radical (unpaired) electrons. The summed E-state index contributed by atoms with van der Waals surface area (Å²) in [5.74, 6) is -2.06. The number of alkyl halides is 2. The van der Waals surface area contributed by atoms with Gasteiger partial charge in [-0.25, -0.2) is 23.7 Å². The molecule has 7 heteroatoms. The highest BCUT2D eigenvalue weighted by Crippen LogP contribution is 2.32. The van der Waals surface area contributed by atoms with Gasteiger partial charge in [-0.1, -0.05) is 36.8 Å². The summed E-state index contributed by atoms with van der Waals surface area (Å²) < 4.78 is 26.4. The molecule has 0 saturated heterocycles. The van der Waals surface area contributed by atoms with Gasteiger partial charge >= 0.3 is 0 Å². The number of benzene rings is 1. The van der Waals surface area contributed by atoms with E-state index in [0.29, 0.717) is 12.8 Å². The van der Waals surface area contributed by atoms with Crippen molar-refractivity contribution in [3.63, 3.8) is 0 Å². The van der Waals surface area contributed by atoms with Gasteiger partial charge in [-0.3, -0.25) is 4.40 Å². The van der Waals surface area contributed by atoms with Crippen molar-refractivity contribution in [1.82, 2.24) is 19.4 Å². The Balaban J connectivity index is 0.000000245. The first kappa shape index (κ1) is 20.9. The first-order valence-corrected chi connectivity index (χ1v) is 10.4. The number of imidazole rings is 1. The molecule has 1 aromatic carbocycles. The molecule has 0 amide bonds. The van der Waals surface area contributed by atoms with Gasteiger partial charge in [-0.05, 0) is 48.6 Å². The monoisotopic (exact) mass is 421 g/mol. The number of anilines is 1. The van der Waals surface area contributed by atoms with Crippen LogP contribution in [0.3, 0.4) is 0 Å². The van der Waals surface area contributed by atoms with E-state index < -0.39 is 5.92 Å². The maximum absolute atomic E-state index is 12.2. The Kier molecular flexibility index (Phi) is 5.93. The van der Waals surface area contributed by atoms with Crippen LogP contribution in [-0.4, -0.2) is 25.3 Å². The topological polar surface area (TPSA) is 69.1 Å². The summed E-state index contributed by atoms with van der Waals surface area (Å²) in [7, 11) is 0. The van der Waals surface area contributed by atoms with Gasteiger partial charge in [0.1, 0.15) is 5.65 Å². The fourth-order valence-corrected chi connectivity index (χ4v) is 3.74. The van der Waals surface area contributed by atoms with Crippen LogP contribution in [0.25, 0.3) is 28.2 Å². The van der Waals surface area contributed by atoms with Crippen LogP contribution in [0.5, 0.6) is 0 Å². The van der Waals surface area contributed by atoms with Crippen LogP contribution in [0.2, 0.25) is 0 Å². The molecule has 5 nitrogen and oxygen atoms in total. The quantitative estimate of drug-likeness (QED) is 0.435. The minimum absolute atomic E-state index is 0.118. The third-order valence-electron chi connectivity index (χ3n) is 5.43. The molecule has 0 unspecified atom stereocenters. The van der Waals surface area contributed by atoms with E-state index in [1.165, 1.54) is 0 Å². The van der Waals surface area contributed by atoms with Gasteiger partial charge in [-0.15, -0.1) is 0 Å². The van der Waals surface area contributed by atoms with Crippen molar-refractivity contribution in [2.45, 2.75) is 45.0 Å². The van der Waals surface area contributed by atoms with E-state index in [0.717, 1.165) is 40.1 Å². The molecular formula is C24H25F2N5. The molecule has 3 heterocycles. The average Bonchev–Trinajstić information content (AvgIpc) is 3.19. The molecule has 5 rings (SSSR count). The number of pyridine rings is 1. The molecule has 0 spiro atoms. The van der Waals surface area contributed by atoms with Gasteiger partial charge in [-0.2, -0.15) is 0 Å². The third-order valence-corrected chi connectivity index (χ3v) is 5.43. The standard InChI is InChI=1S/C18H15N5.C6H10F2/c1-12-9-21-18(19)22-17(12)15-10-20-16-8-7-14(11-23(15)16)13-5-3-2-4-6-13;7-6(8)4-2-1-3-5-6/h2-11H,1H3,(H2,19,21,22);1-5H2. The van der Waals surface area contributed by atoms with E-state index in [1.807, 2.05) is 41.8 Å². The number of fused-ring (bicyclic) bond motifs is 1. The summed E-state index contributed by atoms with van der Waals surface area (Å²) in [6, 6.07) is 14.3. The Hall–Kier alpha value is -3.35. The molecule has 3 aromatic heterocycles. The number of nitrogens with zero attached hydrogens (tertiary/aromatic N) is 4. The molecule has 0 atom stereocenters. The van der Waals surface area contributed by atoms with Gasteiger partial charge in [0, 0.05) is 25.2 Å². The van der Waals surface area contributed by atoms with E-state index in [4.69, 9.17) is 5.73 Å². The lowest BCUT2D eigenvalue weighted by Gasteiger charge is -2.20. The molecule has 1 saturated carbocycles. The normalized spacial score (nSPS) is 15.3. The van der Waals surface area contributed by atoms with Crippen LogP contribution in [0.1, 0.15) is 37.7 Å². The van der Waals surface area contributed by atoms with E-state index in [9.17, 15) is 8.78 Å². The summed E-state index contributed by atoms with van der Waals surface area (Å²) in [5.41, 5.74) is 11.6. The Morgan fingerprint density at radius 2 is 1.65 bits per heavy atom. The molecule has 0 bridgehead atoms. The Morgan fingerprint density at radius 3 is 2.32 bits per heavy atom. The van der Waals surface area contributed by atoms with Crippen LogP contribution < -0.4 is 5.73 Å². The summed E-state index contributed by atoms with van der Waals surface area (Å²) in [6.45, 7) is 1.97. The molecule has 160 valence electrons. The van der Waals surface area contributed by atoms with Gasteiger partial charge in [0.05, 0.1) is 17.6 Å². The number of hydrogen-bond acceptors (Lipinski definition) is 4. The maximum atomic E-state index is 12.2. The number of nitrogen functional groups attached to an aromatic ring is 1. The zero-order valence-corrected chi connectivity index (χ0v) is 17.4. The Bertz CT molecular complexity index is 1160. The molecule has 4 aromatic rings. The van der Waals surface area contributed by atoms with Gasteiger partial charge in [0.25, 0.3) is 0 Å². The predicted octanol–water partition coefficient (Wildman–Crippen LogP) is 5.93. The minimum atomic E-state index is -2.32. The first-order valence-electron chi connectivity index (χ1n) is 10.4. The van der Waals surface area contributed by atoms with Crippen LogP contribution in [0.15, 0.2) is 61.1 Å². The number of aryl methyl sites for hydroxylation is 1. The van der Waals surface area contributed by atoms with Crippen molar-refractivity contribution in [2.75, 3.05) is 5.73 Å². The van der Waals surface area contributed by atoms with Crippen molar-refractivity contribution in [2.24, 2.45) is 0 Å². The zero-order chi connectivity index (χ0) is 21.8. The summed E-state index contributed by atoms with van der Waals surface area (Å²) in [4.78, 5) is 12.9. The summed E-state index contributed by atoms with van der Waals surface area (Å²) >= 11 is 0. The second-order valence-electron chi connectivity index (χ2n) is 7.83. The number of rotatable bonds is 2. The number of nitrogens with two attached hydrogens (primary N) is 1. The highest BCUT2D eigenvalue weighted by Gasteiger charge is 2.30. The van der Waals surface area contributed by atoms with Crippen LogP contribution in [0, 0.1) is 6.92 Å². The van der Waals surface area contributed by atoms with Crippen molar-refractivity contribution in [1.29, 1.82) is 0 Å². The first-order chi connectivity index (χ1) is 14.9. The SMILES string of the molecule is Cc1cnc(N)nc1-c1cnc2ccc(-c3ccccc3)cn12.FC1(F)CCCCC1. The summed E-state index contributed by atoms with van der Waals surface area (Å²) in [5, 5.41) is 0. The minimum Gasteiger partial charge on any atom is -0.368 e. The van der Waals surface area contributed by atoms with E-state index in [1.54, 1.807) is 6.20 Å². The number of aromatic nitrogens is 4. The largest absolute Gasteiger partial charge is 0.368 e. The predicted molar refractivity (Wildman–Crippen MR) is 119 cm³/mol. The molecule has 1 aliphatic carbocycles. The van der Waals surface area contributed by atoms with E-state index >= 15 is 0 Å². The van der Waals surface area contributed by atoms with Gasteiger partial charge < -0.3 is 5.73 Å². The molecular weight excluding hydrogens is 396 g/mol. The average molecular weight is 421 g/mol. The smallest absolute Gasteiger partial charge is 0.248 e. The van der Waals surface area contributed by atoms with Gasteiger partial charge in [0.2, 0.25) is 11.9 Å². The van der Waals surface area contributed by atoms with Crippen LogP contribution in [-0.2, 0) is 0 Å². The summed E-state index contributed by atoms with van der Waals surface area (Å²) in [6.07, 6.45) is 8.29. The lowest BCUT2D eigenvalue weighted by atomic mass is 9.97. The highest BCUT2D eigenvalue weighted by atomic mass is 19.3. The molecule has 1 fully saturated rings. The number of halogens is 2. The van der Waals surface area contributed by atoms with Gasteiger partial charge in [0.15, 0.2) is 0 Å². The molecule has 0 aliphatic heterocycles. The lowest BCUT2D eigenvalue weighted by molar-refractivity contribution is -0.0337. The van der Waals surface area contributed by atoms with Crippen LogP contribution in [0.4, 0.5) is 14.7 Å².